The number of carboxylic acids is 2. The van der Waals surface area contributed by atoms with E-state index in [0.29, 0.717) is 5.69 Å². The third-order valence-electron chi connectivity index (χ3n) is 3.69. The summed E-state index contributed by atoms with van der Waals surface area (Å²) in [6, 6.07) is 9.54. The number of amides is 1. The van der Waals surface area contributed by atoms with Crippen LogP contribution in [0.5, 0.6) is 0 Å². The molecule has 1 aromatic heterocycles. The highest BCUT2D eigenvalue weighted by molar-refractivity contribution is 8.26. The Morgan fingerprint density at radius 3 is 2.65 bits per heavy atom. The van der Waals surface area contributed by atoms with Crippen molar-refractivity contribution < 1.29 is 24.6 Å². The Morgan fingerprint density at radius 2 is 1.96 bits per heavy atom. The van der Waals surface area contributed by atoms with Crippen molar-refractivity contribution in [1.82, 2.24) is 9.88 Å². The summed E-state index contributed by atoms with van der Waals surface area (Å²) in [6.07, 6.45) is 0.786. The summed E-state index contributed by atoms with van der Waals surface area (Å²) in [5, 5.41) is 19.1. The van der Waals surface area contributed by atoms with Crippen LogP contribution in [0, 0.1) is 0 Å². The van der Waals surface area contributed by atoms with Gasteiger partial charge in [0.2, 0.25) is 0 Å². The van der Waals surface area contributed by atoms with E-state index in [1.54, 1.807) is 6.07 Å². The van der Waals surface area contributed by atoms with Crippen LogP contribution in [0.2, 0.25) is 0 Å². The van der Waals surface area contributed by atoms with E-state index in [1.807, 2.05) is 30.3 Å². The molecule has 1 aromatic carbocycles. The lowest BCUT2D eigenvalue weighted by Crippen LogP contribution is -2.45. The lowest BCUT2D eigenvalue weighted by Gasteiger charge is -2.21. The zero-order valence-electron chi connectivity index (χ0n) is 13.2. The monoisotopic (exact) mass is 388 g/mol. The second-order valence-corrected chi connectivity index (χ2v) is 7.11. The summed E-state index contributed by atoms with van der Waals surface area (Å²) >= 11 is 6.01. The molecule has 0 aliphatic carbocycles. The minimum absolute atomic E-state index is 0.00990. The van der Waals surface area contributed by atoms with E-state index in [1.165, 1.54) is 6.08 Å². The predicted molar refractivity (Wildman–Crippen MR) is 100 cm³/mol. The van der Waals surface area contributed by atoms with Gasteiger partial charge in [-0.2, -0.15) is 0 Å². The Kier molecular flexibility index (Phi) is 5.01. The summed E-state index contributed by atoms with van der Waals surface area (Å²) in [5.41, 5.74) is 1.28. The van der Waals surface area contributed by atoms with Crippen molar-refractivity contribution in [3.05, 3.63) is 47.0 Å². The van der Waals surface area contributed by atoms with Gasteiger partial charge in [0, 0.05) is 5.39 Å². The molecule has 1 atom stereocenters. The number of carboxylic acid groups (broad SMARTS) is 2. The van der Waals surface area contributed by atoms with E-state index in [9.17, 15) is 19.5 Å². The van der Waals surface area contributed by atoms with Gasteiger partial charge in [-0.15, -0.1) is 0 Å². The number of thiocarbonyl (C=S) groups is 1. The van der Waals surface area contributed by atoms with Crippen LogP contribution in [0.15, 0.2) is 41.3 Å². The first-order valence-electron chi connectivity index (χ1n) is 7.44. The Morgan fingerprint density at radius 1 is 1.23 bits per heavy atom. The molecule has 0 bridgehead atoms. The number of aliphatic carboxylic acids is 2. The Balaban J connectivity index is 1.92. The van der Waals surface area contributed by atoms with Crippen molar-refractivity contribution in [2.75, 3.05) is 0 Å². The highest BCUT2D eigenvalue weighted by Crippen LogP contribution is 2.34. The van der Waals surface area contributed by atoms with Crippen molar-refractivity contribution >= 4 is 63.1 Å². The fourth-order valence-electron chi connectivity index (χ4n) is 2.50. The highest BCUT2D eigenvalue weighted by Gasteiger charge is 2.41. The van der Waals surface area contributed by atoms with E-state index in [2.05, 4.69) is 4.98 Å². The molecule has 1 unspecified atom stereocenters. The molecule has 7 nitrogen and oxygen atoms in total. The summed E-state index contributed by atoms with van der Waals surface area (Å²) in [7, 11) is 0. The standard InChI is InChI=1S/C17H12N2O5S2/c20-14(21)8-12(16(23)24)19-15(22)13(26-17(19)25)7-10-6-5-9-3-1-2-4-11(9)18-10/h1-7,12H,8H2,(H,20,21)(H,23,24). The number of benzene rings is 1. The van der Waals surface area contributed by atoms with Crippen LogP contribution in [0.3, 0.4) is 0 Å². The molecule has 1 fully saturated rings. The van der Waals surface area contributed by atoms with Gasteiger partial charge in [-0.25, -0.2) is 9.78 Å². The molecule has 9 heteroatoms. The number of fused-ring (bicyclic) bond motifs is 1. The first-order chi connectivity index (χ1) is 12.4. The zero-order chi connectivity index (χ0) is 18.8. The van der Waals surface area contributed by atoms with Crippen LogP contribution in [0.4, 0.5) is 0 Å². The van der Waals surface area contributed by atoms with Gasteiger partial charge < -0.3 is 10.2 Å². The number of aromatic nitrogens is 1. The molecule has 1 aliphatic rings. The fourth-order valence-corrected chi connectivity index (χ4v) is 3.84. The first-order valence-corrected chi connectivity index (χ1v) is 8.67. The lowest BCUT2D eigenvalue weighted by atomic mass is 10.1. The van der Waals surface area contributed by atoms with Gasteiger partial charge in [0.15, 0.2) is 0 Å². The molecule has 2 heterocycles. The minimum Gasteiger partial charge on any atom is -0.481 e. The van der Waals surface area contributed by atoms with Gasteiger partial charge in [-0.1, -0.05) is 48.2 Å². The average Bonchev–Trinajstić information content (AvgIpc) is 2.86. The van der Waals surface area contributed by atoms with Gasteiger partial charge >= 0.3 is 11.9 Å². The third-order valence-corrected chi connectivity index (χ3v) is 5.02. The predicted octanol–water partition coefficient (Wildman–Crippen LogP) is 2.36. The number of carbonyl (C=O) groups is 3. The molecule has 1 saturated heterocycles. The van der Waals surface area contributed by atoms with Crippen molar-refractivity contribution in [3.8, 4) is 0 Å². The Bertz CT molecular complexity index is 973. The second kappa shape index (κ2) is 7.22. The van der Waals surface area contributed by atoms with E-state index >= 15 is 0 Å². The molecule has 1 aliphatic heterocycles. The smallest absolute Gasteiger partial charge is 0.327 e. The molecule has 1 amide bonds. The fraction of sp³-hybridized carbons (Fsp3) is 0.118. The van der Waals surface area contributed by atoms with E-state index in [0.717, 1.165) is 27.6 Å². The molecule has 3 rings (SSSR count). The normalized spacial score (nSPS) is 17.1. The number of rotatable bonds is 5. The number of hydrogen-bond acceptors (Lipinski definition) is 6. The van der Waals surface area contributed by atoms with Gasteiger partial charge in [-0.3, -0.25) is 14.5 Å². The number of para-hydroxylation sites is 1. The van der Waals surface area contributed by atoms with Crippen molar-refractivity contribution in [3.63, 3.8) is 0 Å². The van der Waals surface area contributed by atoms with Crippen molar-refractivity contribution in [2.24, 2.45) is 0 Å². The Hall–Kier alpha value is -2.78. The maximum Gasteiger partial charge on any atom is 0.327 e. The summed E-state index contributed by atoms with van der Waals surface area (Å²) in [6.45, 7) is 0. The number of nitrogens with zero attached hydrogens (tertiary/aromatic N) is 2. The van der Waals surface area contributed by atoms with Crippen LogP contribution >= 0.6 is 24.0 Å². The molecule has 2 aromatic rings. The highest BCUT2D eigenvalue weighted by atomic mass is 32.2. The molecule has 0 spiro atoms. The SMILES string of the molecule is O=C(O)CC(C(=O)O)N1C(=O)C(=Cc2ccc3ccccc3n2)SC1=S. The molecule has 2 N–H and O–H groups in total. The van der Waals surface area contributed by atoms with Crippen molar-refractivity contribution in [2.45, 2.75) is 12.5 Å². The quantitative estimate of drug-likeness (QED) is 0.594. The number of thioether (sulfide) groups is 1. The summed E-state index contributed by atoms with van der Waals surface area (Å²) in [5.74, 6) is -3.39. The van der Waals surface area contributed by atoms with Crippen LogP contribution < -0.4 is 0 Å². The summed E-state index contributed by atoms with van der Waals surface area (Å²) < 4.78 is 0.00990. The van der Waals surface area contributed by atoms with Gasteiger partial charge in [0.1, 0.15) is 10.4 Å². The van der Waals surface area contributed by atoms with E-state index in [4.69, 9.17) is 17.3 Å². The maximum atomic E-state index is 12.6. The van der Waals surface area contributed by atoms with Crippen molar-refractivity contribution in [1.29, 1.82) is 0 Å². The molecular formula is C17H12N2O5S2. The lowest BCUT2D eigenvalue weighted by molar-refractivity contribution is -0.150. The molecule has 26 heavy (non-hydrogen) atoms. The maximum absolute atomic E-state index is 12.6. The molecular weight excluding hydrogens is 376 g/mol. The number of carbonyl (C=O) groups excluding carboxylic acids is 1. The van der Waals surface area contributed by atoms with Gasteiger partial charge in [-0.05, 0) is 18.2 Å². The van der Waals surface area contributed by atoms with Crippen LogP contribution in [-0.4, -0.2) is 48.3 Å². The zero-order valence-corrected chi connectivity index (χ0v) is 14.8. The summed E-state index contributed by atoms with van der Waals surface area (Å²) in [4.78, 5) is 40.3. The van der Waals surface area contributed by atoms with Crippen LogP contribution in [-0.2, 0) is 14.4 Å². The first kappa shape index (κ1) is 18.0. The Labute approximate surface area is 157 Å². The number of pyridine rings is 1. The van der Waals surface area contributed by atoms with Crippen LogP contribution in [0.25, 0.3) is 17.0 Å². The average molecular weight is 388 g/mol. The topological polar surface area (TPSA) is 108 Å². The minimum atomic E-state index is -1.55. The third kappa shape index (κ3) is 3.58. The van der Waals surface area contributed by atoms with Gasteiger partial charge in [0.05, 0.1) is 22.5 Å². The van der Waals surface area contributed by atoms with Crippen LogP contribution in [0.1, 0.15) is 12.1 Å². The van der Waals surface area contributed by atoms with E-state index in [-0.39, 0.29) is 9.23 Å². The molecule has 132 valence electrons. The van der Waals surface area contributed by atoms with Gasteiger partial charge in [0.25, 0.3) is 5.91 Å². The molecule has 0 saturated carbocycles. The van der Waals surface area contributed by atoms with E-state index < -0.39 is 30.3 Å². The molecule has 0 radical (unpaired) electrons. The number of hydrogen-bond donors (Lipinski definition) is 2. The second-order valence-electron chi connectivity index (χ2n) is 5.43. The largest absolute Gasteiger partial charge is 0.481 e.